The fourth-order valence-electron chi connectivity index (χ4n) is 3.57. The number of aromatic nitrogens is 1. The van der Waals surface area contributed by atoms with Crippen LogP contribution in [0.1, 0.15) is 66.0 Å². The molecule has 0 saturated carbocycles. The first kappa shape index (κ1) is 21.6. The maximum atomic E-state index is 12.1. The molecule has 0 fully saturated rings. The Balaban J connectivity index is 1.86. The van der Waals surface area contributed by atoms with Gasteiger partial charge in [-0.2, -0.15) is 0 Å². The van der Waals surface area contributed by atoms with Gasteiger partial charge in [0.1, 0.15) is 0 Å². The first-order valence-corrected chi connectivity index (χ1v) is 10.5. The Kier molecular flexibility index (Phi) is 6.88. The molecule has 0 N–H and O–H groups in total. The zero-order valence-corrected chi connectivity index (χ0v) is 18.5. The summed E-state index contributed by atoms with van der Waals surface area (Å²) in [4.78, 5) is 16.8. The molecule has 4 nitrogen and oxygen atoms in total. The minimum atomic E-state index is -0.301. The molecule has 3 rings (SSSR count). The highest BCUT2D eigenvalue weighted by atomic mass is 16.5. The summed E-state index contributed by atoms with van der Waals surface area (Å²) in [5, 5.41) is 0. The van der Waals surface area contributed by atoms with Gasteiger partial charge < -0.3 is 9.30 Å². The lowest BCUT2D eigenvalue weighted by Gasteiger charge is -2.11. The number of hydrogen-bond donors (Lipinski definition) is 0. The Morgan fingerprint density at radius 3 is 2.50 bits per heavy atom. The lowest BCUT2D eigenvalue weighted by atomic mass is 9.99. The Morgan fingerprint density at radius 1 is 1.10 bits per heavy atom. The van der Waals surface area contributed by atoms with Crippen molar-refractivity contribution in [1.29, 1.82) is 0 Å². The third kappa shape index (κ3) is 4.70. The second-order valence-electron chi connectivity index (χ2n) is 7.59. The van der Waals surface area contributed by atoms with E-state index >= 15 is 0 Å². The van der Waals surface area contributed by atoms with E-state index < -0.39 is 0 Å². The van der Waals surface area contributed by atoms with Gasteiger partial charge in [0.15, 0.2) is 0 Å². The summed E-state index contributed by atoms with van der Waals surface area (Å²) >= 11 is 0. The van der Waals surface area contributed by atoms with Gasteiger partial charge in [0.05, 0.1) is 17.9 Å². The number of rotatable bonds is 7. The normalized spacial score (nSPS) is 12.3. The van der Waals surface area contributed by atoms with E-state index in [4.69, 9.17) is 4.74 Å². The standard InChI is InChI=1S/C26H30N2O2/c1-6-18(3)21-11-13-24(14-12-21)27-17-23-15-19(4)28(20(23)5)25-10-8-9-22(16-25)26(29)30-7-2/h8-18H,6-7H2,1-5H3/t18-/m1/s1. The van der Waals surface area contributed by atoms with E-state index in [9.17, 15) is 4.79 Å². The smallest absolute Gasteiger partial charge is 0.338 e. The Bertz CT molecular complexity index is 1050. The van der Waals surface area contributed by atoms with E-state index in [1.54, 1.807) is 6.07 Å². The highest BCUT2D eigenvalue weighted by Gasteiger charge is 2.12. The Hall–Kier alpha value is -3.14. The van der Waals surface area contributed by atoms with Crippen molar-refractivity contribution in [1.82, 2.24) is 4.57 Å². The molecule has 1 aromatic heterocycles. The van der Waals surface area contributed by atoms with Gasteiger partial charge in [-0.25, -0.2) is 4.79 Å². The lowest BCUT2D eigenvalue weighted by molar-refractivity contribution is 0.0526. The van der Waals surface area contributed by atoms with Crippen molar-refractivity contribution in [3.05, 3.63) is 82.7 Å². The average molecular weight is 403 g/mol. The van der Waals surface area contributed by atoms with Gasteiger partial charge >= 0.3 is 5.97 Å². The number of ether oxygens (including phenoxy) is 1. The molecule has 1 heterocycles. The number of nitrogens with zero attached hydrogens (tertiary/aromatic N) is 2. The van der Waals surface area contributed by atoms with Crippen molar-refractivity contribution >= 4 is 17.9 Å². The van der Waals surface area contributed by atoms with Crippen molar-refractivity contribution < 1.29 is 9.53 Å². The molecule has 1 atom stereocenters. The molecular formula is C26H30N2O2. The number of carbonyl (C=O) groups excluding carboxylic acids is 1. The minimum Gasteiger partial charge on any atom is -0.462 e. The van der Waals surface area contributed by atoms with Crippen LogP contribution in [0.3, 0.4) is 0 Å². The maximum Gasteiger partial charge on any atom is 0.338 e. The zero-order valence-electron chi connectivity index (χ0n) is 18.5. The molecule has 0 radical (unpaired) electrons. The van der Waals surface area contributed by atoms with Crippen molar-refractivity contribution in [3.8, 4) is 5.69 Å². The Morgan fingerprint density at radius 2 is 1.83 bits per heavy atom. The van der Waals surface area contributed by atoms with Crippen LogP contribution in [0.2, 0.25) is 0 Å². The maximum absolute atomic E-state index is 12.1. The van der Waals surface area contributed by atoms with Crippen molar-refractivity contribution in [2.75, 3.05) is 6.61 Å². The largest absolute Gasteiger partial charge is 0.462 e. The second kappa shape index (κ2) is 9.57. The van der Waals surface area contributed by atoms with Gasteiger partial charge in [-0.05, 0) is 75.1 Å². The zero-order chi connectivity index (χ0) is 21.7. The monoisotopic (exact) mass is 402 g/mol. The fourth-order valence-corrected chi connectivity index (χ4v) is 3.57. The van der Waals surface area contributed by atoms with E-state index in [1.807, 2.05) is 31.3 Å². The third-order valence-electron chi connectivity index (χ3n) is 5.51. The van der Waals surface area contributed by atoms with Crippen LogP contribution in [-0.2, 0) is 4.74 Å². The molecular weight excluding hydrogens is 372 g/mol. The van der Waals surface area contributed by atoms with E-state index in [0.29, 0.717) is 18.1 Å². The molecule has 0 unspecified atom stereocenters. The van der Waals surface area contributed by atoms with Gasteiger partial charge in [-0.1, -0.05) is 32.0 Å². The fraction of sp³-hybridized carbons (Fsp3) is 0.308. The first-order chi connectivity index (χ1) is 14.4. The van der Waals surface area contributed by atoms with E-state index in [2.05, 4.69) is 67.6 Å². The average Bonchev–Trinajstić information content (AvgIpc) is 3.05. The van der Waals surface area contributed by atoms with Crippen LogP contribution >= 0.6 is 0 Å². The van der Waals surface area contributed by atoms with Crippen molar-refractivity contribution in [2.45, 2.75) is 47.0 Å². The van der Waals surface area contributed by atoms with Gasteiger partial charge in [-0.15, -0.1) is 0 Å². The molecule has 0 saturated heterocycles. The van der Waals surface area contributed by atoms with Crippen LogP contribution in [0, 0.1) is 13.8 Å². The highest BCUT2D eigenvalue weighted by Crippen LogP contribution is 2.24. The number of aliphatic imine (C=N–C) groups is 1. The van der Waals surface area contributed by atoms with E-state index in [0.717, 1.165) is 34.7 Å². The first-order valence-electron chi connectivity index (χ1n) is 10.5. The summed E-state index contributed by atoms with van der Waals surface area (Å²) in [6.07, 6.45) is 3.04. The Labute approximate surface area is 179 Å². The SMILES string of the molecule is CCOC(=O)c1cccc(-n2c(C)cc(C=Nc3ccc([C@H](C)CC)cc3)c2C)c1. The molecule has 0 amide bonds. The van der Waals surface area contributed by atoms with Crippen molar-refractivity contribution in [2.24, 2.45) is 4.99 Å². The number of benzene rings is 2. The molecule has 0 spiro atoms. The van der Waals surface area contributed by atoms with Crippen LogP contribution in [0.4, 0.5) is 5.69 Å². The lowest BCUT2D eigenvalue weighted by Crippen LogP contribution is -2.06. The quantitative estimate of drug-likeness (QED) is 0.333. The van der Waals surface area contributed by atoms with E-state index in [1.165, 1.54) is 5.56 Å². The predicted molar refractivity (Wildman–Crippen MR) is 124 cm³/mol. The number of hydrogen-bond acceptors (Lipinski definition) is 3. The molecule has 30 heavy (non-hydrogen) atoms. The summed E-state index contributed by atoms with van der Waals surface area (Å²) in [6, 6.07) is 18.1. The molecule has 4 heteroatoms. The van der Waals surface area contributed by atoms with Crippen molar-refractivity contribution in [3.63, 3.8) is 0 Å². The highest BCUT2D eigenvalue weighted by molar-refractivity contribution is 5.90. The predicted octanol–water partition coefficient (Wildman–Crippen LogP) is 6.53. The number of aryl methyl sites for hydroxylation is 1. The van der Waals surface area contributed by atoms with Crippen LogP contribution in [0.5, 0.6) is 0 Å². The second-order valence-corrected chi connectivity index (χ2v) is 7.59. The molecule has 3 aromatic rings. The van der Waals surface area contributed by atoms with Crippen LogP contribution < -0.4 is 0 Å². The van der Waals surface area contributed by atoms with Crippen LogP contribution in [-0.4, -0.2) is 23.4 Å². The van der Waals surface area contributed by atoms with Gasteiger partial charge in [0.25, 0.3) is 0 Å². The summed E-state index contributed by atoms with van der Waals surface area (Å²) in [6.45, 7) is 10.7. The van der Waals surface area contributed by atoms with Gasteiger partial charge in [0, 0.05) is 28.9 Å². The topological polar surface area (TPSA) is 43.6 Å². The summed E-state index contributed by atoms with van der Waals surface area (Å²) < 4.78 is 7.27. The minimum absolute atomic E-state index is 0.301. The van der Waals surface area contributed by atoms with Crippen LogP contribution in [0.15, 0.2) is 59.6 Å². The number of carbonyl (C=O) groups is 1. The molecule has 0 aliphatic heterocycles. The van der Waals surface area contributed by atoms with Gasteiger partial charge in [-0.3, -0.25) is 4.99 Å². The van der Waals surface area contributed by atoms with Crippen LogP contribution in [0.25, 0.3) is 5.69 Å². The summed E-state index contributed by atoms with van der Waals surface area (Å²) in [5.74, 6) is 0.261. The molecule has 0 aliphatic carbocycles. The number of esters is 1. The summed E-state index contributed by atoms with van der Waals surface area (Å²) in [5.41, 5.74) is 6.99. The molecule has 156 valence electrons. The van der Waals surface area contributed by atoms with Gasteiger partial charge in [0.2, 0.25) is 0 Å². The molecule has 0 bridgehead atoms. The molecule has 2 aromatic carbocycles. The third-order valence-corrected chi connectivity index (χ3v) is 5.51. The summed E-state index contributed by atoms with van der Waals surface area (Å²) in [7, 11) is 0. The van der Waals surface area contributed by atoms with E-state index in [-0.39, 0.29) is 5.97 Å². The molecule has 0 aliphatic rings.